The summed E-state index contributed by atoms with van der Waals surface area (Å²) in [4.78, 5) is 29.4. The molecule has 28 heavy (non-hydrogen) atoms. The van der Waals surface area contributed by atoms with Gasteiger partial charge in [0, 0.05) is 29.4 Å². The highest BCUT2D eigenvalue weighted by Crippen LogP contribution is 2.31. The summed E-state index contributed by atoms with van der Waals surface area (Å²) in [6.07, 6.45) is 1.69. The van der Waals surface area contributed by atoms with Gasteiger partial charge in [0.25, 0.3) is 5.91 Å². The largest absolute Gasteiger partial charge is 0.326 e. The maximum atomic E-state index is 12.8. The number of anilines is 2. The lowest BCUT2D eigenvalue weighted by atomic mass is 10.2. The lowest BCUT2D eigenvalue weighted by Gasteiger charge is -2.11. The fourth-order valence-corrected chi connectivity index (χ4v) is 3.65. The second-order valence-corrected chi connectivity index (χ2v) is 7.47. The Bertz CT molecular complexity index is 1020. The Morgan fingerprint density at radius 1 is 0.929 bits per heavy atom. The van der Waals surface area contributed by atoms with E-state index in [2.05, 4.69) is 41.6 Å². The third kappa shape index (κ3) is 4.98. The lowest BCUT2D eigenvalue weighted by molar-refractivity contribution is -0.114. The molecule has 0 saturated carbocycles. The van der Waals surface area contributed by atoms with E-state index in [1.54, 1.807) is 42.6 Å². The van der Waals surface area contributed by atoms with E-state index in [0.29, 0.717) is 22.0 Å². The van der Waals surface area contributed by atoms with E-state index >= 15 is 0 Å². The maximum absolute atomic E-state index is 12.8. The number of amides is 2. The number of hydrogen-bond acceptors (Lipinski definition) is 4. The van der Waals surface area contributed by atoms with E-state index in [4.69, 9.17) is 0 Å². The molecule has 1 aromatic heterocycles. The Hall–Kier alpha value is -3.12. The van der Waals surface area contributed by atoms with Crippen LogP contribution in [0.5, 0.6) is 0 Å². The minimum absolute atomic E-state index is 0.139. The van der Waals surface area contributed by atoms with Gasteiger partial charge in [-0.2, -0.15) is 0 Å². The molecule has 2 N–H and O–H groups in total. The Kier molecular flexibility index (Phi) is 6.11. The first-order valence-electron chi connectivity index (χ1n) is 8.81. The standard InChI is InChI=1S/C22H21N3O2S/c1-14-6-11-20(15(2)13-14)28-22-19(5-4-12-23-22)21(27)25-18-9-7-17(8-10-18)24-16(3)26/h4-13H,1-3H3,(H,24,26)(H,25,27). The molecule has 3 aromatic rings. The first kappa shape index (κ1) is 19.6. The van der Waals surface area contributed by atoms with Crippen LogP contribution < -0.4 is 10.6 Å². The molecule has 0 aliphatic carbocycles. The molecule has 6 heteroatoms. The fourth-order valence-electron chi connectivity index (χ4n) is 2.70. The van der Waals surface area contributed by atoms with E-state index in [1.165, 1.54) is 24.2 Å². The Balaban J connectivity index is 1.78. The number of rotatable bonds is 5. The van der Waals surface area contributed by atoms with Crippen LogP contribution in [0, 0.1) is 13.8 Å². The second-order valence-electron chi connectivity index (χ2n) is 6.44. The molecule has 142 valence electrons. The summed E-state index contributed by atoms with van der Waals surface area (Å²) in [5.74, 6) is -0.368. The SMILES string of the molecule is CC(=O)Nc1ccc(NC(=O)c2cccnc2Sc2ccc(C)cc2C)cc1. The fraction of sp³-hybridized carbons (Fsp3) is 0.136. The molecule has 0 spiro atoms. The average Bonchev–Trinajstić information content (AvgIpc) is 2.65. The molecule has 0 radical (unpaired) electrons. The van der Waals surface area contributed by atoms with Gasteiger partial charge in [0.1, 0.15) is 5.03 Å². The summed E-state index contributed by atoms with van der Waals surface area (Å²) in [5.41, 5.74) is 4.18. The number of hydrogen-bond donors (Lipinski definition) is 2. The van der Waals surface area contributed by atoms with Gasteiger partial charge in [-0.3, -0.25) is 9.59 Å². The number of nitrogens with one attached hydrogen (secondary N) is 2. The van der Waals surface area contributed by atoms with Crippen molar-refractivity contribution < 1.29 is 9.59 Å². The van der Waals surface area contributed by atoms with E-state index in [9.17, 15) is 9.59 Å². The normalized spacial score (nSPS) is 10.4. The van der Waals surface area contributed by atoms with E-state index in [-0.39, 0.29) is 11.8 Å². The van der Waals surface area contributed by atoms with Crippen LogP contribution >= 0.6 is 11.8 Å². The summed E-state index contributed by atoms with van der Waals surface area (Å²) >= 11 is 1.48. The first-order valence-corrected chi connectivity index (χ1v) is 9.63. The zero-order chi connectivity index (χ0) is 20.1. The second kappa shape index (κ2) is 8.71. The molecule has 2 aromatic carbocycles. The number of aryl methyl sites for hydroxylation is 2. The molecule has 2 amide bonds. The highest BCUT2D eigenvalue weighted by Gasteiger charge is 2.14. The molecule has 0 unspecified atom stereocenters. The topological polar surface area (TPSA) is 71.1 Å². The minimum atomic E-state index is -0.229. The highest BCUT2D eigenvalue weighted by molar-refractivity contribution is 7.99. The van der Waals surface area contributed by atoms with E-state index in [0.717, 1.165) is 10.5 Å². The lowest BCUT2D eigenvalue weighted by Crippen LogP contribution is -2.13. The Morgan fingerprint density at radius 2 is 1.61 bits per heavy atom. The van der Waals surface area contributed by atoms with Gasteiger partial charge in [-0.1, -0.05) is 29.5 Å². The van der Waals surface area contributed by atoms with Gasteiger partial charge in [0.15, 0.2) is 0 Å². The molecular weight excluding hydrogens is 370 g/mol. The monoisotopic (exact) mass is 391 g/mol. The minimum Gasteiger partial charge on any atom is -0.326 e. The summed E-state index contributed by atoms with van der Waals surface area (Å²) in [5, 5.41) is 6.24. The molecule has 1 heterocycles. The predicted octanol–water partition coefficient (Wildman–Crippen LogP) is 5.06. The predicted molar refractivity (Wildman–Crippen MR) is 113 cm³/mol. The number of aromatic nitrogens is 1. The van der Waals surface area contributed by atoms with E-state index < -0.39 is 0 Å². The van der Waals surface area contributed by atoms with Crippen LogP contribution in [0.3, 0.4) is 0 Å². The van der Waals surface area contributed by atoms with Crippen molar-refractivity contribution in [3.05, 3.63) is 77.5 Å². The van der Waals surface area contributed by atoms with E-state index in [1.807, 2.05) is 6.07 Å². The van der Waals surface area contributed by atoms with Crippen LogP contribution in [-0.4, -0.2) is 16.8 Å². The summed E-state index contributed by atoms with van der Waals surface area (Å²) in [7, 11) is 0. The Labute approximate surface area is 168 Å². The average molecular weight is 391 g/mol. The van der Waals surface area contributed by atoms with Crippen molar-refractivity contribution in [1.82, 2.24) is 4.98 Å². The van der Waals surface area contributed by atoms with Gasteiger partial charge in [-0.25, -0.2) is 4.98 Å². The van der Waals surface area contributed by atoms with Crippen LogP contribution in [0.25, 0.3) is 0 Å². The van der Waals surface area contributed by atoms with Crippen LogP contribution in [0.4, 0.5) is 11.4 Å². The molecular formula is C22H21N3O2S. The number of benzene rings is 2. The molecule has 3 rings (SSSR count). The molecule has 0 aliphatic heterocycles. The van der Waals surface area contributed by atoms with Crippen molar-refractivity contribution in [2.45, 2.75) is 30.7 Å². The van der Waals surface area contributed by atoms with Crippen LogP contribution in [0.2, 0.25) is 0 Å². The first-order chi connectivity index (χ1) is 13.4. The van der Waals surface area contributed by atoms with Crippen molar-refractivity contribution in [3.8, 4) is 0 Å². The third-order valence-electron chi connectivity index (χ3n) is 4.02. The number of nitrogens with zero attached hydrogens (tertiary/aromatic N) is 1. The van der Waals surface area contributed by atoms with Crippen molar-refractivity contribution in [3.63, 3.8) is 0 Å². The summed E-state index contributed by atoms with van der Waals surface area (Å²) in [6, 6.07) is 16.7. The van der Waals surface area contributed by atoms with Crippen LogP contribution in [-0.2, 0) is 4.79 Å². The van der Waals surface area contributed by atoms with Gasteiger partial charge in [0.2, 0.25) is 5.91 Å². The quantitative estimate of drug-likeness (QED) is 0.638. The zero-order valence-corrected chi connectivity index (χ0v) is 16.8. The smallest absolute Gasteiger partial charge is 0.258 e. The Morgan fingerprint density at radius 3 is 2.25 bits per heavy atom. The van der Waals surface area contributed by atoms with Gasteiger partial charge < -0.3 is 10.6 Å². The van der Waals surface area contributed by atoms with Crippen molar-refractivity contribution >= 4 is 35.0 Å². The summed E-state index contributed by atoms with van der Waals surface area (Å²) < 4.78 is 0. The molecule has 0 bridgehead atoms. The maximum Gasteiger partial charge on any atom is 0.258 e. The van der Waals surface area contributed by atoms with Crippen molar-refractivity contribution in [1.29, 1.82) is 0 Å². The number of pyridine rings is 1. The van der Waals surface area contributed by atoms with Gasteiger partial charge in [0.05, 0.1) is 5.56 Å². The zero-order valence-electron chi connectivity index (χ0n) is 15.9. The molecule has 0 saturated heterocycles. The molecule has 0 aliphatic rings. The van der Waals surface area contributed by atoms with Gasteiger partial charge in [-0.15, -0.1) is 0 Å². The molecule has 5 nitrogen and oxygen atoms in total. The van der Waals surface area contributed by atoms with Crippen LogP contribution in [0.1, 0.15) is 28.4 Å². The number of carbonyl (C=O) groups is 2. The van der Waals surface area contributed by atoms with Crippen molar-refractivity contribution in [2.75, 3.05) is 10.6 Å². The number of carbonyl (C=O) groups excluding carboxylic acids is 2. The molecule has 0 atom stereocenters. The van der Waals surface area contributed by atoms with Crippen LogP contribution in [0.15, 0.2) is 70.7 Å². The molecule has 0 fully saturated rings. The highest BCUT2D eigenvalue weighted by atomic mass is 32.2. The summed E-state index contributed by atoms with van der Waals surface area (Å²) in [6.45, 7) is 5.56. The van der Waals surface area contributed by atoms with Gasteiger partial charge >= 0.3 is 0 Å². The van der Waals surface area contributed by atoms with Gasteiger partial charge in [-0.05, 0) is 61.9 Å². The third-order valence-corrected chi connectivity index (χ3v) is 5.21. The van der Waals surface area contributed by atoms with Crippen molar-refractivity contribution in [2.24, 2.45) is 0 Å².